The largest absolute Gasteiger partial charge is 0.469 e. The fraction of sp³-hybridized carbons (Fsp3) is 0.619. The molecule has 1 N–H and O–H groups in total. The monoisotopic (exact) mass is 348 g/mol. The second kappa shape index (κ2) is 12.6. The molecular formula is C21H32O4. The molecule has 1 aliphatic rings. The minimum atomic E-state index is -0.426. The molecule has 140 valence electrons. The first-order valence-electron chi connectivity index (χ1n) is 9.38. The quantitative estimate of drug-likeness (QED) is 0.327. The van der Waals surface area contributed by atoms with Gasteiger partial charge in [0.2, 0.25) is 0 Å². The van der Waals surface area contributed by atoms with E-state index >= 15 is 0 Å². The summed E-state index contributed by atoms with van der Waals surface area (Å²) in [5, 5.41) is 9.98. The van der Waals surface area contributed by atoms with E-state index in [2.05, 4.69) is 11.7 Å². The van der Waals surface area contributed by atoms with E-state index in [9.17, 15) is 14.7 Å². The first-order chi connectivity index (χ1) is 12.1. The molecule has 4 heteroatoms. The molecule has 0 saturated carbocycles. The molecule has 1 aliphatic carbocycles. The van der Waals surface area contributed by atoms with Gasteiger partial charge in [-0.1, -0.05) is 56.6 Å². The van der Waals surface area contributed by atoms with Gasteiger partial charge < -0.3 is 9.84 Å². The van der Waals surface area contributed by atoms with Crippen LogP contribution in [0.3, 0.4) is 0 Å². The molecule has 1 rings (SSSR count). The van der Waals surface area contributed by atoms with Crippen molar-refractivity contribution < 1.29 is 19.4 Å². The van der Waals surface area contributed by atoms with Crippen LogP contribution in [-0.4, -0.2) is 30.1 Å². The van der Waals surface area contributed by atoms with Crippen molar-refractivity contribution in [3.8, 4) is 0 Å². The van der Waals surface area contributed by atoms with Crippen molar-refractivity contribution in [3.05, 3.63) is 36.5 Å². The molecule has 0 radical (unpaired) electrons. The smallest absolute Gasteiger partial charge is 0.305 e. The van der Waals surface area contributed by atoms with Crippen molar-refractivity contribution in [1.29, 1.82) is 0 Å². The van der Waals surface area contributed by atoms with Crippen LogP contribution < -0.4 is 0 Å². The number of esters is 1. The molecule has 0 heterocycles. The van der Waals surface area contributed by atoms with Gasteiger partial charge in [0.1, 0.15) is 0 Å². The maximum atomic E-state index is 12.0. The third-order valence-corrected chi connectivity index (χ3v) is 4.51. The summed E-state index contributed by atoms with van der Waals surface area (Å²) in [5.41, 5.74) is 0. The minimum Gasteiger partial charge on any atom is -0.469 e. The summed E-state index contributed by atoms with van der Waals surface area (Å²) in [6, 6.07) is 0. The van der Waals surface area contributed by atoms with Gasteiger partial charge in [0.15, 0.2) is 5.78 Å². The van der Waals surface area contributed by atoms with Crippen molar-refractivity contribution in [3.63, 3.8) is 0 Å². The molecule has 0 aliphatic heterocycles. The number of rotatable bonds is 12. The lowest BCUT2D eigenvalue weighted by atomic mass is 9.90. The van der Waals surface area contributed by atoms with Gasteiger partial charge in [0.25, 0.3) is 0 Å². The number of unbranched alkanes of at least 4 members (excludes halogenated alkanes) is 3. The molecule has 0 aromatic rings. The SMILES string of the molecule is CCCCC[C@H](O)C=C[C@H]1C=CC(=O)[C@@H]1CC=CCCCC(=O)OC. The summed E-state index contributed by atoms with van der Waals surface area (Å²) in [7, 11) is 1.39. The highest BCUT2D eigenvalue weighted by Gasteiger charge is 2.27. The third-order valence-electron chi connectivity index (χ3n) is 4.51. The molecule has 0 unspecified atom stereocenters. The average Bonchev–Trinajstić information content (AvgIpc) is 2.96. The zero-order chi connectivity index (χ0) is 18.5. The van der Waals surface area contributed by atoms with Crippen LogP contribution in [-0.2, 0) is 14.3 Å². The summed E-state index contributed by atoms with van der Waals surface area (Å²) < 4.78 is 4.60. The van der Waals surface area contributed by atoms with Crippen molar-refractivity contribution in [2.75, 3.05) is 7.11 Å². The van der Waals surface area contributed by atoms with Crippen LogP contribution in [0.4, 0.5) is 0 Å². The Labute approximate surface area is 151 Å². The number of ether oxygens (including phenoxy) is 1. The number of aliphatic hydroxyl groups is 1. The average molecular weight is 348 g/mol. The van der Waals surface area contributed by atoms with Gasteiger partial charge >= 0.3 is 5.97 Å². The van der Waals surface area contributed by atoms with Crippen LogP contribution in [0, 0.1) is 11.8 Å². The molecule has 0 saturated heterocycles. The van der Waals surface area contributed by atoms with Crippen LogP contribution in [0.15, 0.2) is 36.5 Å². The summed E-state index contributed by atoms with van der Waals surface area (Å²) >= 11 is 0. The Hall–Kier alpha value is -1.68. The van der Waals surface area contributed by atoms with Gasteiger partial charge in [0, 0.05) is 18.3 Å². The van der Waals surface area contributed by atoms with E-state index in [4.69, 9.17) is 0 Å². The van der Waals surface area contributed by atoms with Gasteiger partial charge in [0.05, 0.1) is 13.2 Å². The molecule has 0 spiro atoms. The van der Waals surface area contributed by atoms with E-state index < -0.39 is 6.10 Å². The van der Waals surface area contributed by atoms with Crippen molar-refractivity contribution >= 4 is 11.8 Å². The van der Waals surface area contributed by atoms with E-state index in [1.807, 2.05) is 30.4 Å². The van der Waals surface area contributed by atoms with E-state index in [0.717, 1.165) is 38.5 Å². The Balaban J connectivity index is 2.36. The number of carbonyl (C=O) groups is 2. The standard InChI is InChI=1S/C21H32O4/c1-3-4-7-10-18(22)15-13-17-14-16-20(23)19(17)11-8-5-6-9-12-21(24)25-2/h5,8,13-19,22H,3-4,6-7,9-12H2,1-2H3/t17-,18-,19+/m0/s1. The summed E-state index contributed by atoms with van der Waals surface area (Å²) in [6.07, 6.45) is 17.7. The van der Waals surface area contributed by atoms with Crippen molar-refractivity contribution in [1.82, 2.24) is 0 Å². The molecule has 4 nitrogen and oxygen atoms in total. The van der Waals surface area contributed by atoms with Gasteiger partial charge in [-0.2, -0.15) is 0 Å². The predicted molar refractivity (Wildman–Crippen MR) is 100 cm³/mol. The van der Waals surface area contributed by atoms with Crippen LogP contribution in [0.1, 0.15) is 58.3 Å². The van der Waals surface area contributed by atoms with Crippen LogP contribution in [0.2, 0.25) is 0 Å². The lowest BCUT2D eigenvalue weighted by molar-refractivity contribution is -0.140. The number of ketones is 1. The number of aliphatic hydroxyl groups excluding tert-OH is 1. The first-order valence-corrected chi connectivity index (χ1v) is 9.38. The molecule has 0 aromatic heterocycles. The molecule has 0 aromatic carbocycles. The predicted octanol–water partition coefficient (Wildman–Crippen LogP) is 4.14. The first kappa shape index (κ1) is 21.4. The zero-order valence-corrected chi connectivity index (χ0v) is 15.5. The van der Waals surface area contributed by atoms with E-state index in [1.165, 1.54) is 7.11 Å². The normalized spacial score (nSPS) is 21.5. The van der Waals surface area contributed by atoms with Crippen LogP contribution in [0.5, 0.6) is 0 Å². The number of hydrogen-bond acceptors (Lipinski definition) is 4. The van der Waals surface area contributed by atoms with Gasteiger partial charge in [-0.3, -0.25) is 9.59 Å². The molecule has 3 atom stereocenters. The number of carbonyl (C=O) groups excluding carboxylic acids is 2. The highest BCUT2D eigenvalue weighted by molar-refractivity contribution is 5.95. The highest BCUT2D eigenvalue weighted by atomic mass is 16.5. The number of allylic oxidation sites excluding steroid dienone is 5. The Kier molecular flexibility index (Phi) is 10.8. The molecule has 0 amide bonds. The van der Waals surface area contributed by atoms with E-state index in [1.54, 1.807) is 6.08 Å². The second-order valence-electron chi connectivity index (χ2n) is 6.57. The lowest BCUT2D eigenvalue weighted by Gasteiger charge is -2.13. The zero-order valence-electron chi connectivity index (χ0n) is 15.5. The fourth-order valence-corrected chi connectivity index (χ4v) is 2.91. The molecule has 0 bridgehead atoms. The lowest BCUT2D eigenvalue weighted by Crippen LogP contribution is -2.14. The Morgan fingerprint density at radius 3 is 2.84 bits per heavy atom. The highest BCUT2D eigenvalue weighted by Crippen LogP contribution is 2.27. The Bertz CT molecular complexity index is 490. The fourth-order valence-electron chi connectivity index (χ4n) is 2.91. The summed E-state index contributed by atoms with van der Waals surface area (Å²) in [4.78, 5) is 23.0. The maximum Gasteiger partial charge on any atom is 0.305 e. The molecule has 0 fully saturated rings. The number of methoxy groups -OCH3 is 1. The van der Waals surface area contributed by atoms with Crippen LogP contribution in [0.25, 0.3) is 0 Å². The second-order valence-corrected chi connectivity index (χ2v) is 6.57. The van der Waals surface area contributed by atoms with Crippen molar-refractivity contribution in [2.45, 2.75) is 64.4 Å². The van der Waals surface area contributed by atoms with E-state index in [0.29, 0.717) is 12.8 Å². The van der Waals surface area contributed by atoms with Crippen molar-refractivity contribution in [2.24, 2.45) is 11.8 Å². The molecular weight excluding hydrogens is 316 g/mol. The Morgan fingerprint density at radius 2 is 2.12 bits per heavy atom. The van der Waals surface area contributed by atoms with Gasteiger partial charge in [-0.25, -0.2) is 0 Å². The number of hydrogen-bond donors (Lipinski definition) is 1. The molecule has 25 heavy (non-hydrogen) atoms. The third kappa shape index (κ3) is 8.82. The summed E-state index contributed by atoms with van der Waals surface area (Å²) in [5.74, 6) is -0.0513. The van der Waals surface area contributed by atoms with Crippen LogP contribution >= 0.6 is 0 Å². The Morgan fingerprint density at radius 1 is 1.32 bits per heavy atom. The van der Waals surface area contributed by atoms with Gasteiger partial charge in [-0.15, -0.1) is 0 Å². The minimum absolute atomic E-state index is 0.0630. The summed E-state index contributed by atoms with van der Waals surface area (Å²) in [6.45, 7) is 2.14. The van der Waals surface area contributed by atoms with Gasteiger partial charge in [-0.05, 0) is 31.8 Å². The van der Waals surface area contributed by atoms with E-state index in [-0.39, 0.29) is 23.6 Å². The maximum absolute atomic E-state index is 12.0. The topological polar surface area (TPSA) is 63.6 Å².